The maximum atomic E-state index is 14.2. The molecule has 29 heavy (non-hydrogen) atoms. The van der Waals surface area contributed by atoms with Gasteiger partial charge in [0, 0.05) is 21.9 Å². The Bertz CT molecular complexity index is 849. The van der Waals surface area contributed by atoms with Gasteiger partial charge < -0.3 is 5.11 Å². The molecule has 0 fully saturated rings. The predicted octanol–water partition coefficient (Wildman–Crippen LogP) is 5.22. The van der Waals surface area contributed by atoms with E-state index in [1.54, 1.807) is 0 Å². The van der Waals surface area contributed by atoms with E-state index in [-0.39, 0.29) is 10.6 Å². The Kier molecular flexibility index (Phi) is 5.64. The Morgan fingerprint density at radius 3 is 2.14 bits per heavy atom. The molecule has 4 nitrogen and oxygen atoms in total. The molecule has 1 amide bonds. The van der Waals surface area contributed by atoms with E-state index in [0.29, 0.717) is 4.47 Å². The van der Waals surface area contributed by atoms with Crippen molar-refractivity contribution in [1.29, 1.82) is 0 Å². The molecular formula is C17H16BrF7N2O2. The molecule has 0 radical (unpaired) electrons. The molecule has 1 aromatic carbocycles. The lowest BCUT2D eigenvalue weighted by atomic mass is 9.79. The molecule has 0 spiro atoms. The van der Waals surface area contributed by atoms with Gasteiger partial charge in [-0.25, -0.2) is 0 Å². The number of nitrogens with zero attached hydrogens (tertiary/aromatic N) is 2. The Morgan fingerprint density at radius 2 is 1.69 bits per heavy atom. The summed E-state index contributed by atoms with van der Waals surface area (Å²) in [6.45, 7) is 3.89. The Balaban J connectivity index is 2.61. The third kappa shape index (κ3) is 3.76. The van der Waals surface area contributed by atoms with E-state index in [2.05, 4.69) is 21.0 Å². The summed E-state index contributed by atoms with van der Waals surface area (Å²) in [5.41, 5.74) is -6.10. The molecule has 0 aromatic heterocycles. The van der Waals surface area contributed by atoms with Crippen LogP contribution >= 0.6 is 15.9 Å². The molecule has 0 aliphatic carbocycles. The number of hydrogen-bond acceptors (Lipinski definition) is 3. The van der Waals surface area contributed by atoms with Crippen LogP contribution in [0.4, 0.5) is 30.7 Å². The van der Waals surface area contributed by atoms with Crippen LogP contribution in [0.3, 0.4) is 0 Å². The first kappa shape index (κ1) is 23.6. The van der Waals surface area contributed by atoms with Crippen molar-refractivity contribution in [3.05, 3.63) is 34.3 Å². The van der Waals surface area contributed by atoms with Crippen molar-refractivity contribution < 1.29 is 40.6 Å². The van der Waals surface area contributed by atoms with Crippen molar-refractivity contribution >= 4 is 27.5 Å². The highest BCUT2D eigenvalue weighted by molar-refractivity contribution is 9.10. The summed E-state index contributed by atoms with van der Waals surface area (Å²) in [4.78, 5) is 12.8. The number of amides is 1. The van der Waals surface area contributed by atoms with Gasteiger partial charge in [-0.15, -0.1) is 0 Å². The average Bonchev–Trinajstić information content (AvgIpc) is 2.92. The second-order valence-electron chi connectivity index (χ2n) is 7.56. The van der Waals surface area contributed by atoms with Gasteiger partial charge in [0.15, 0.2) is 5.72 Å². The van der Waals surface area contributed by atoms with Crippen molar-refractivity contribution in [1.82, 2.24) is 5.01 Å². The molecular weight excluding hydrogens is 477 g/mol. The smallest absolute Gasteiger partial charge is 0.368 e. The first-order valence-electron chi connectivity index (χ1n) is 8.09. The second kappa shape index (κ2) is 6.93. The molecule has 0 saturated carbocycles. The number of rotatable bonds is 3. The highest BCUT2D eigenvalue weighted by atomic mass is 79.9. The lowest BCUT2D eigenvalue weighted by Gasteiger charge is -2.41. The summed E-state index contributed by atoms with van der Waals surface area (Å²) in [6.07, 6.45) is -7.96. The fourth-order valence-corrected chi connectivity index (χ4v) is 3.02. The van der Waals surface area contributed by atoms with Gasteiger partial charge in [0.1, 0.15) is 5.71 Å². The number of hydrazone groups is 1. The van der Waals surface area contributed by atoms with Crippen molar-refractivity contribution in [3.63, 3.8) is 0 Å². The van der Waals surface area contributed by atoms with Crippen LogP contribution in [-0.2, 0) is 0 Å². The van der Waals surface area contributed by atoms with E-state index >= 15 is 0 Å². The molecule has 1 aromatic rings. The number of benzene rings is 1. The quantitative estimate of drug-likeness (QED) is 0.588. The summed E-state index contributed by atoms with van der Waals surface area (Å²) >= 11 is 3.09. The third-order valence-electron chi connectivity index (χ3n) is 4.56. The van der Waals surface area contributed by atoms with E-state index in [1.165, 1.54) is 45.0 Å². The average molecular weight is 493 g/mol. The molecule has 162 valence electrons. The Hall–Kier alpha value is -1.69. The molecule has 1 aliphatic heterocycles. The summed E-state index contributed by atoms with van der Waals surface area (Å²) in [5, 5.41) is 14.1. The second-order valence-corrected chi connectivity index (χ2v) is 8.48. The topological polar surface area (TPSA) is 52.9 Å². The van der Waals surface area contributed by atoms with E-state index < -0.39 is 47.2 Å². The molecule has 1 N–H and O–H groups in total. The van der Waals surface area contributed by atoms with Gasteiger partial charge in [-0.1, -0.05) is 42.8 Å². The van der Waals surface area contributed by atoms with Crippen LogP contribution in [0.15, 0.2) is 33.8 Å². The number of aliphatic hydroxyl groups is 1. The van der Waals surface area contributed by atoms with Crippen molar-refractivity contribution in [2.75, 3.05) is 0 Å². The predicted molar refractivity (Wildman–Crippen MR) is 92.7 cm³/mol. The van der Waals surface area contributed by atoms with Crippen LogP contribution in [-0.4, -0.2) is 45.5 Å². The number of carbonyl (C=O) groups is 1. The standard InChI is InChI=1S/C17H16BrF7N2O2/c1-13(2,3)14(29)8-11(15(19,20)16(21,22)17(23,24)25)26-27(14)12(28)9-5-4-6-10(18)7-9/h4-7,29H,8H2,1-3H3/t14-/m1/s1. The highest BCUT2D eigenvalue weighted by Crippen LogP contribution is 2.51. The summed E-state index contributed by atoms with van der Waals surface area (Å²) in [7, 11) is 0. The third-order valence-corrected chi connectivity index (χ3v) is 5.06. The zero-order valence-corrected chi connectivity index (χ0v) is 16.9. The van der Waals surface area contributed by atoms with Crippen LogP contribution in [0.25, 0.3) is 0 Å². The van der Waals surface area contributed by atoms with E-state index in [0.717, 1.165) is 0 Å². The van der Waals surface area contributed by atoms with Gasteiger partial charge in [0.2, 0.25) is 0 Å². The molecule has 0 unspecified atom stereocenters. The summed E-state index contributed by atoms with van der Waals surface area (Å²) < 4.78 is 93.3. The van der Waals surface area contributed by atoms with Crippen LogP contribution in [0, 0.1) is 5.41 Å². The Labute approximate surface area is 169 Å². The van der Waals surface area contributed by atoms with Crippen molar-refractivity contribution in [2.24, 2.45) is 10.5 Å². The Morgan fingerprint density at radius 1 is 1.14 bits per heavy atom. The van der Waals surface area contributed by atoms with Crippen LogP contribution in [0.1, 0.15) is 37.6 Å². The molecule has 0 saturated heterocycles. The number of alkyl halides is 7. The largest absolute Gasteiger partial charge is 0.460 e. The fourth-order valence-electron chi connectivity index (χ4n) is 2.62. The van der Waals surface area contributed by atoms with Crippen LogP contribution < -0.4 is 0 Å². The molecule has 2 rings (SSSR count). The highest BCUT2D eigenvalue weighted by Gasteiger charge is 2.76. The monoisotopic (exact) mass is 492 g/mol. The zero-order valence-electron chi connectivity index (χ0n) is 15.3. The summed E-state index contributed by atoms with van der Waals surface area (Å²) in [6, 6.07) is 5.43. The molecule has 1 heterocycles. The lowest BCUT2D eigenvalue weighted by molar-refractivity contribution is -0.336. The van der Waals surface area contributed by atoms with Crippen molar-refractivity contribution in [3.8, 4) is 0 Å². The zero-order chi connectivity index (χ0) is 22.6. The van der Waals surface area contributed by atoms with Gasteiger partial charge in [0.05, 0.1) is 0 Å². The van der Waals surface area contributed by atoms with E-state index in [4.69, 9.17) is 0 Å². The molecule has 1 atom stereocenters. The SMILES string of the molecule is CC(C)(C)[C@]1(O)CC(C(F)(F)C(F)(F)C(F)(F)F)=NN1C(=O)c1cccc(Br)c1. The van der Waals surface area contributed by atoms with Gasteiger partial charge in [0.25, 0.3) is 5.91 Å². The maximum absolute atomic E-state index is 14.2. The van der Waals surface area contributed by atoms with Crippen LogP contribution in [0.5, 0.6) is 0 Å². The molecule has 0 bridgehead atoms. The van der Waals surface area contributed by atoms with Gasteiger partial charge >= 0.3 is 18.0 Å². The van der Waals surface area contributed by atoms with Gasteiger partial charge in [-0.3, -0.25) is 4.79 Å². The number of halogens is 8. The van der Waals surface area contributed by atoms with Crippen molar-refractivity contribution in [2.45, 2.75) is 50.9 Å². The molecule has 1 aliphatic rings. The van der Waals surface area contributed by atoms with Gasteiger partial charge in [-0.2, -0.15) is 40.8 Å². The first-order valence-corrected chi connectivity index (χ1v) is 8.88. The fraction of sp³-hybridized carbons (Fsp3) is 0.529. The minimum Gasteiger partial charge on any atom is -0.368 e. The number of carbonyl (C=O) groups excluding carboxylic acids is 1. The van der Waals surface area contributed by atoms with Crippen LogP contribution in [0.2, 0.25) is 0 Å². The minimum atomic E-state index is -6.57. The summed E-state index contributed by atoms with van der Waals surface area (Å²) in [5.74, 6) is -13.4. The lowest BCUT2D eigenvalue weighted by Crippen LogP contribution is -2.58. The maximum Gasteiger partial charge on any atom is 0.460 e. The molecule has 12 heteroatoms. The normalized spacial score (nSPS) is 21.4. The van der Waals surface area contributed by atoms with E-state index in [1.807, 2.05) is 0 Å². The number of hydrogen-bond donors (Lipinski definition) is 1. The first-order chi connectivity index (χ1) is 12.9. The van der Waals surface area contributed by atoms with Gasteiger partial charge in [-0.05, 0) is 18.2 Å². The van der Waals surface area contributed by atoms with E-state index in [9.17, 15) is 40.6 Å². The minimum absolute atomic E-state index is 0.143.